The summed E-state index contributed by atoms with van der Waals surface area (Å²) in [7, 11) is 0. The molecule has 0 aliphatic heterocycles. The standard InChI is InChI=1S/C15H20N4O2/c1-4-20-9-14-17-13(19-16)8-15(18-14)21-12-7-10(2)5-6-11(12)3/h5-8H,4,9,16H2,1-3H3,(H,17,18,19). The number of aryl methyl sites for hydroxylation is 2. The van der Waals surface area contributed by atoms with Crippen molar-refractivity contribution in [1.29, 1.82) is 0 Å². The van der Waals surface area contributed by atoms with Crippen LogP contribution in [0.2, 0.25) is 0 Å². The summed E-state index contributed by atoms with van der Waals surface area (Å²) in [4.78, 5) is 8.55. The van der Waals surface area contributed by atoms with E-state index in [1.165, 1.54) is 0 Å². The van der Waals surface area contributed by atoms with Gasteiger partial charge in [0.15, 0.2) is 5.82 Å². The molecule has 2 rings (SSSR count). The van der Waals surface area contributed by atoms with Crippen molar-refractivity contribution in [1.82, 2.24) is 9.97 Å². The van der Waals surface area contributed by atoms with Crippen molar-refractivity contribution in [2.24, 2.45) is 5.84 Å². The van der Waals surface area contributed by atoms with Gasteiger partial charge in [-0.05, 0) is 38.0 Å². The van der Waals surface area contributed by atoms with Gasteiger partial charge in [-0.2, -0.15) is 4.98 Å². The largest absolute Gasteiger partial charge is 0.439 e. The lowest BCUT2D eigenvalue weighted by Crippen LogP contribution is -2.11. The van der Waals surface area contributed by atoms with Crippen molar-refractivity contribution >= 4 is 5.82 Å². The SMILES string of the molecule is CCOCc1nc(NN)cc(Oc2cc(C)ccc2C)n1. The lowest BCUT2D eigenvalue weighted by Gasteiger charge is -2.11. The van der Waals surface area contributed by atoms with Crippen molar-refractivity contribution < 1.29 is 9.47 Å². The number of hydrogen-bond donors (Lipinski definition) is 2. The molecule has 6 heteroatoms. The summed E-state index contributed by atoms with van der Waals surface area (Å²) < 4.78 is 11.2. The number of hydrogen-bond acceptors (Lipinski definition) is 6. The summed E-state index contributed by atoms with van der Waals surface area (Å²) in [5.74, 6) is 7.63. The van der Waals surface area contributed by atoms with Gasteiger partial charge in [-0.1, -0.05) is 12.1 Å². The summed E-state index contributed by atoms with van der Waals surface area (Å²) in [5.41, 5.74) is 4.67. The van der Waals surface area contributed by atoms with Crippen molar-refractivity contribution in [3.05, 3.63) is 41.2 Å². The minimum absolute atomic E-state index is 0.315. The number of nitrogens with zero attached hydrogens (tertiary/aromatic N) is 2. The second-order valence-corrected chi connectivity index (χ2v) is 4.66. The van der Waals surface area contributed by atoms with Gasteiger partial charge in [0.05, 0.1) is 0 Å². The second kappa shape index (κ2) is 7.01. The lowest BCUT2D eigenvalue weighted by atomic mass is 10.1. The number of aromatic nitrogens is 2. The number of nitrogens with two attached hydrogens (primary N) is 1. The molecule has 0 saturated carbocycles. The van der Waals surface area contributed by atoms with Gasteiger partial charge in [-0.15, -0.1) is 0 Å². The lowest BCUT2D eigenvalue weighted by molar-refractivity contribution is 0.128. The molecule has 0 saturated heterocycles. The number of nitrogen functional groups attached to an aromatic ring is 1. The minimum Gasteiger partial charge on any atom is -0.439 e. The first-order chi connectivity index (χ1) is 10.1. The smallest absolute Gasteiger partial charge is 0.224 e. The highest BCUT2D eigenvalue weighted by Gasteiger charge is 2.08. The first-order valence-electron chi connectivity index (χ1n) is 6.79. The average molecular weight is 288 g/mol. The molecule has 0 fully saturated rings. The molecule has 0 unspecified atom stereocenters. The molecule has 2 aromatic rings. The molecule has 0 aliphatic carbocycles. The molecule has 0 atom stereocenters. The number of benzene rings is 1. The third kappa shape index (κ3) is 4.14. The predicted octanol–water partition coefficient (Wildman–Crippen LogP) is 2.71. The maximum atomic E-state index is 5.85. The van der Waals surface area contributed by atoms with Gasteiger partial charge in [0.25, 0.3) is 0 Å². The van der Waals surface area contributed by atoms with Gasteiger partial charge < -0.3 is 14.9 Å². The molecule has 3 N–H and O–H groups in total. The van der Waals surface area contributed by atoms with Crippen LogP contribution in [0.25, 0.3) is 0 Å². The van der Waals surface area contributed by atoms with Gasteiger partial charge in [0.1, 0.15) is 18.2 Å². The van der Waals surface area contributed by atoms with Crippen LogP contribution in [-0.4, -0.2) is 16.6 Å². The first-order valence-corrected chi connectivity index (χ1v) is 6.79. The van der Waals surface area contributed by atoms with E-state index in [0.29, 0.717) is 30.7 Å². The third-order valence-corrected chi connectivity index (χ3v) is 2.89. The fourth-order valence-corrected chi connectivity index (χ4v) is 1.79. The Labute approximate surface area is 124 Å². The molecule has 6 nitrogen and oxygen atoms in total. The van der Waals surface area contributed by atoms with Crippen LogP contribution >= 0.6 is 0 Å². The Balaban J connectivity index is 2.27. The van der Waals surface area contributed by atoms with Crippen LogP contribution in [0.3, 0.4) is 0 Å². The normalized spacial score (nSPS) is 10.5. The maximum absolute atomic E-state index is 5.85. The molecular weight excluding hydrogens is 268 g/mol. The number of hydrazine groups is 1. The van der Waals surface area contributed by atoms with Crippen molar-refractivity contribution in [2.75, 3.05) is 12.0 Å². The topological polar surface area (TPSA) is 82.3 Å². The Hall–Kier alpha value is -2.18. The van der Waals surface area contributed by atoms with Gasteiger partial charge >= 0.3 is 0 Å². The van der Waals surface area contributed by atoms with E-state index in [1.807, 2.05) is 39.0 Å². The monoisotopic (exact) mass is 288 g/mol. The molecule has 0 amide bonds. The summed E-state index contributed by atoms with van der Waals surface area (Å²) in [5, 5.41) is 0. The Morgan fingerprint density at radius 1 is 1.19 bits per heavy atom. The van der Waals surface area contributed by atoms with Crippen molar-refractivity contribution in [2.45, 2.75) is 27.4 Å². The van der Waals surface area contributed by atoms with E-state index in [9.17, 15) is 0 Å². The van der Waals surface area contributed by atoms with Gasteiger partial charge in [-0.25, -0.2) is 10.8 Å². The average Bonchev–Trinajstić information content (AvgIpc) is 2.48. The van der Waals surface area contributed by atoms with E-state index in [2.05, 4.69) is 15.4 Å². The van der Waals surface area contributed by atoms with Crippen LogP contribution in [-0.2, 0) is 11.3 Å². The van der Waals surface area contributed by atoms with Gasteiger partial charge in [0.2, 0.25) is 5.88 Å². The fourth-order valence-electron chi connectivity index (χ4n) is 1.79. The molecule has 1 heterocycles. The number of nitrogens with one attached hydrogen (secondary N) is 1. The van der Waals surface area contributed by atoms with Crippen LogP contribution in [0.5, 0.6) is 11.6 Å². The maximum Gasteiger partial charge on any atom is 0.224 e. The summed E-state index contributed by atoms with van der Waals surface area (Å²) in [6, 6.07) is 7.66. The summed E-state index contributed by atoms with van der Waals surface area (Å²) in [6.07, 6.45) is 0. The Kier molecular flexibility index (Phi) is 5.08. The van der Waals surface area contributed by atoms with Crippen LogP contribution in [0.4, 0.5) is 5.82 Å². The zero-order valence-electron chi connectivity index (χ0n) is 12.5. The predicted molar refractivity (Wildman–Crippen MR) is 81.2 cm³/mol. The zero-order chi connectivity index (χ0) is 15.2. The zero-order valence-corrected chi connectivity index (χ0v) is 12.5. The Morgan fingerprint density at radius 3 is 2.71 bits per heavy atom. The molecule has 0 spiro atoms. The first kappa shape index (κ1) is 15.2. The summed E-state index contributed by atoms with van der Waals surface area (Å²) >= 11 is 0. The molecular formula is C15H20N4O2. The Bertz CT molecular complexity index is 617. The molecule has 1 aromatic heterocycles. The molecule has 112 valence electrons. The van der Waals surface area contributed by atoms with E-state index in [1.54, 1.807) is 6.07 Å². The van der Waals surface area contributed by atoms with Crippen LogP contribution in [0.15, 0.2) is 24.3 Å². The van der Waals surface area contributed by atoms with Crippen LogP contribution < -0.4 is 16.0 Å². The molecule has 0 radical (unpaired) electrons. The third-order valence-electron chi connectivity index (χ3n) is 2.89. The van der Waals surface area contributed by atoms with Crippen LogP contribution in [0.1, 0.15) is 23.9 Å². The van der Waals surface area contributed by atoms with Gasteiger partial charge in [-0.3, -0.25) is 0 Å². The quantitative estimate of drug-likeness (QED) is 0.628. The van der Waals surface area contributed by atoms with Crippen LogP contribution in [0, 0.1) is 13.8 Å². The number of rotatable bonds is 6. The highest BCUT2D eigenvalue weighted by atomic mass is 16.5. The van der Waals surface area contributed by atoms with E-state index >= 15 is 0 Å². The number of anilines is 1. The van der Waals surface area contributed by atoms with E-state index in [0.717, 1.165) is 16.9 Å². The molecule has 1 aromatic carbocycles. The molecule has 0 aliphatic rings. The van der Waals surface area contributed by atoms with E-state index < -0.39 is 0 Å². The van der Waals surface area contributed by atoms with E-state index in [4.69, 9.17) is 15.3 Å². The van der Waals surface area contributed by atoms with Gasteiger partial charge in [0, 0.05) is 12.7 Å². The van der Waals surface area contributed by atoms with Crippen molar-refractivity contribution in [3.8, 4) is 11.6 Å². The molecule has 21 heavy (non-hydrogen) atoms. The Morgan fingerprint density at radius 2 is 2.00 bits per heavy atom. The molecule has 0 bridgehead atoms. The van der Waals surface area contributed by atoms with Crippen molar-refractivity contribution in [3.63, 3.8) is 0 Å². The highest BCUT2D eigenvalue weighted by Crippen LogP contribution is 2.26. The summed E-state index contributed by atoms with van der Waals surface area (Å²) in [6.45, 7) is 6.82. The van der Waals surface area contributed by atoms with E-state index in [-0.39, 0.29) is 0 Å². The minimum atomic E-state index is 0.315. The fraction of sp³-hybridized carbons (Fsp3) is 0.333. The second-order valence-electron chi connectivity index (χ2n) is 4.66. The highest BCUT2D eigenvalue weighted by molar-refractivity contribution is 5.42. The number of ether oxygens (including phenoxy) is 2.